The zero-order chi connectivity index (χ0) is 13.3. The number of nitrogens with two attached hydrogens (primary N) is 1. The molecule has 1 aromatic carbocycles. The van der Waals surface area contributed by atoms with E-state index >= 15 is 0 Å². The first kappa shape index (κ1) is 12.4. The maximum Gasteiger partial charge on any atom is 0.268 e. The topological polar surface area (TPSA) is 68.0 Å². The van der Waals surface area contributed by atoms with Crippen molar-refractivity contribution in [3.05, 3.63) is 40.4 Å². The van der Waals surface area contributed by atoms with E-state index in [0.29, 0.717) is 10.0 Å². The van der Waals surface area contributed by atoms with Crippen LogP contribution in [0.4, 0.5) is 19.6 Å². The van der Waals surface area contributed by atoms with E-state index in [2.05, 4.69) is 10.3 Å². The summed E-state index contributed by atoms with van der Waals surface area (Å²) in [5.41, 5.74) is 5.50. The minimum Gasteiger partial charge on any atom is -0.364 e. The number of anilines is 2. The molecule has 0 aliphatic rings. The van der Waals surface area contributed by atoms with Crippen molar-refractivity contribution in [1.29, 1.82) is 0 Å². The molecule has 0 aliphatic heterocycles. The van der Waals surface area contributed by atoms with Crippen LogP contribution in [0.15, 0.2) is 18.2 Å². The molecule has 0 aliphatic carbocycles. The number of aromatic nitrogens is 1. The van der Waals surface area contributed by atoms with Crippen LogP contribution in [0.2, 0.25) is 0 Å². The molecule has 2 rings (SSSR count). The van der Waals surface area contributed by atoms with Gasteiger partial charge in [-0.1, -0.05) is 0 Å². The number of carbonyl (C=O) groups is 1. The first-order valence-corrected chi connectivity index (χ1v) is 5.77. The molecule has 0 unspecified atom stereocenters. The van der Waals surface area contributed by atoms with Gasteiger partial charge in [0.15, 0.2) is 5.13 Å². The Labute approximate surface area is 105 Å². The molecule has 0 saturated heterocycles. The second-order valence-corrected chi connectivity index (χ2v) is 4.77. The highest BCUT2D eigenvalue weighted by Gasteiger charge is 2.12. The molecule has 3 N–H and O–H groups in total. The van der Waals surface area contributed by atoms with Crippen molar-refractivity contribution in [2.45, 2.75) is 6.92 Å². The Morgan fingerprint density at radius 2 is 1.94 bits per heavy atom. The fraction of sp³-hybridized carbons (Fsp3) is 0.0909. The molecule has 94 valence electrons. The Morgan fingerprint density at radius 3 is 2.44 bits per heavy atom. The predicted octanol–water partition coefficient (Wildman–Crippen LogP) is 2.57. The van der Waals surface area contributed by atoms with Gasteiger partial charge >= 0.3 is 0 Å². The summed E-state index contributed by atoms with van der Waals surface area (Å²) < 4.78 is 25.9. The average Bonchev–Trinajstić information content (AvgIpc) is 2.57. The number of rotatable bonds is 3. The fourth-order valence-electron chi connectivity index (χ4n) is 1.43. The number of primary amides is 1. The molecule has 1 heterocycles. The van der Waals surface area contributed by atoms with Gasteiger partial charge in [0.2, 0.25) is 0 Å². The summed E-state index contributed by atoms with van der Waals surface area (Å²) in [5, 5.41) is 3.07. The minimum atomic E-state index is -0.694. The monoisotopic (exact) mass is 269 g/mol. The maximum absolute atomic E-state index is 13.0. The SMILES string of the molecule is Cc1sc(Nc2cc(F)cc(F)c2)nc1C(N)=O. The highest BCUT2D eigenvalue weighted by molar-refractivity contribution is 7.15. The molecule has 0 bridgehead atoms. The molecule has 0 spiro atoms. The second kappa shape index (κ2) is 4.69. The van der Waals surface area contributed by atoms with Crippen LogP contribution in [0, 0.1) is 18.6 Å². The Kier molecular flexibility index (Phi) is 3.24. The van der Waals surface area contributed by atoms with Crippen LogP contribution in [-0.4, -0.2) is 10.9 Å². The number of amides is 1. The number of carbonyl (C=O) groups excluding carboxylic acids is 1. The molecule has 1 amide bonds. The van der Waals surface area contributed by atoms with E-state index in [0.717, 1.165) is 18.2 Å². The second-order valence-electron chi connectivity index (χ2n) is 3.57. The van der Waals surface area contributed by atoms with Gasteiger partial charge in [-0.2, -0.15) is 0 Å². The van der Waals surface area contributed by atoms with Gasteiger partial charge in [-0.05, 0) is 19.1 Å². The van der Waals surface area contributed by atoms with E-state index in [-0.39, 0.29) is 11.4 Å². The number of nitrogens with one attached hydrogen (secondary N) is 1. The lowest BCUT2D eigenvalue weighted by Crippen LogP contribution is -2.12. The van der Waals surface area contributed by atoms with Crippen molar-refractivity contribution in [3.63, 3.8) is 0 Å². The summed E-state index contributed by atoms with van der Waals surface area (Å²) in [5.74, 6) is -2.02. The van der Waals surface area contributed by atoms with Crippen LogP contribution in [0.1, 0.15) is 15.4 Å². The van der Waals surface area contributed by atoms with Gasteiger partial charge < -0.3 is 11.1 Å². The quantitative estimate of drug-likeness (QED) is 0.899. The molecule has 0 atom stereocenters. The molecule has 18 heavy (non-hydrogen) atoms. The Balaban J connectivity index is 2.28. The third-order valence-electron chi connectivity index (χ3n) is 2.14. The minimum absolute atomic E-state index is 0.152. The smallest absolute Gasteiger partial charge is 0.268 e. The van der Waals surface area contributed by atoms with Crippen molar-refractivity contribution in [3.8, 4) is 0 Å². The molecule has 0 radical (unpaired) electrons. The number of nitrogens with zero attached hydrogens (tertiary/aromatic N) is 1. The molecule has 1 aromatic heterocycles. The number of benzene rings is 1. The summed E-state index contributed by atoms with van der Waals surface area (Å²) >= 11 is 1.18. The number of thiazole rings is 1. The standard InChI is InChI=1S/C11H9F2N3OS/c1-5-9(10(14)17)16-11(18-5)15-8-3-6(12)2-7(13)4-8/h2-4H,1H3,(H2,14,17)(H,15,16). The van der Waals surface area contributed by atoms with Crippen LogP contribution in [0.25, 0.3) is 0 Å². The summed E-state index contributed by atoms with van der Waals surface area (Å²) in [6.07, 6.45) is 0. The first-order chi connectivity index (χ1) is 8.45. The van der Waals surface area contributed by atoms with Gasteiger partial charge in [0.05, 0.1) is 0 Å². The zero-order valence-electron chi connectivity index (χ0n) is 9.33. The van der Waals surface area contributed by atoms with Gasteiger partial charge in [-0.15, -0.1) is 11.3 Å². The van der Waals surface area contributed by atoms with E-state index in [1.54, 1.807) is 6.92 Å². The lowest BCUT2D eigenvalue weighted by atomic mass is 10.3. The maximum atomic E-state index is 13.0. The van der Waals surface area contributed by atoms with Crippen LogP contribution in [0.3, 0.4) is 0 Å². The molecule has 0 saturated carbocycles. The Morgan fingerprint density at radius 1 is 1.33 bits per heavy atom. The largest absolute Gasteiger partial charge is 0.364 e. The van der Waals surface area contributed by atoms with E-state index < -0.39 is 17.5 Å². The molecule has 2 aromatic rings. The molecule has 7 heteroatoms. The molecule has 0 fully saturated rings. The molecular formula is C11H9F2N3OS. The van der Waals surface area contributed by atoms with E-state index in [1.165, 1.54) is 11.3 Å². The van der Waals surface area contributed by atoms with Gasteiger partial charge in [-0.3, -0.25) is 4.79 Å². The van der Waals surface area contributed by atoms with Gasteiger partial charge in [0, 0.05) is 16.6 Å². The third-order valence-corrected chi connectivity index (χ3v) is 3.03. The average molecular weight is 269 g/mol. The third kappa shape index (κ3) is 2.62. The van der Waals surface area contributed by atoms with Gasteiger partial charge in [0.1, 0.15) is 17.3 Å². The predicted molar refractivity (Wildman–Crippen MR) is 65.0 cm³/mol. The van der Waals surface area contributed by atoms with Crippen LogP contribution >= 0.6 is 11.3 Å². The lowest BCUT2D eigenvalue weighted by molar-refractivity contribution is 0.0996. The summed E-state index contributed by atoms with van der Waals surface area (Å²) in [7, 11) is 0. The van der Waals surface area contributed by atoms with Crippen molar-refractivity contribution in [2.24, 2.45) is 5.73 Å². The number of aryl methyl sites for hydroxylation is 1. The normalized spacial score (nSPS) is 10.4. The van der Waals surface area contributed by atoms with Crippen LogP contribution < -0.4 is 11.1 Å². The highest BCUT2D eigenvalue weighted by atomic mass is 32.1. The first-order valence-electron chi connectivity index (χ1n) is 4.96. The van der Waals surface area contributed by atoms with E-state index in [9.17, 15) is 13.6 Å². The highest BCUT2D eigenvalue weighted by Crippen LogP contribution is 2.25. The van der Waals surface area contributed by atoms with Gasteiger partial charge in [-0.25, -0.2) is 13.8 Å². The molecular weight excluding hydrogens is 260 g/mol. The zero-order valence-corrected chi connectivity index (χ0v) is 10.1. The van der Waals surface area contributed by atoms with Gasteiger partial charge in [0.25, 0.3) is 5.91 Å². The van der Waals surface area contributed by atoms with Crippen molar-refractivity contribution >= 4 is 28.1 Å². The van der Waals surface area contributed by atoms with E-state index in [1.807, 2.05) is 0 Å². The Bertz CT molecular complexity index is 592. The number of halogens is 2. The molecule has 4 nitrogen and oxygen atoms in total. The summed E-state index contributed by atoms with van der Waals surface area (Å²) in [4.78, 5) is 15.6. The van der Waals surface area contributed by atoms with E-state index in [4.69, 9.17) is 5.73 Å². The van der Waals surface area contributed by atoms with Crippen molar-refractivity contribution in [1.82, 2.24) is 4.98 Å². The van der Waals surface area contributed by atoms with Crippen molar-refractivity contribution < 1.29 is 13.6 Å². The van der Waals surface area contributed by atoms with Crippen molar-refractivity contribution in [2.75, 3.05) is 5.32 Å². The number of hydrogen-bond acceptors (Lipinski definition) is 4. The lowest BCUT2D eigenvalue weighted by Gasteiger charge is -2.02. The summed E-state index contributed by atoms with van der Waals surface area (Å²) in [6.45, 7) is 1.69. The summed E-state index contributed by atoms with van der Waals surface area (Å²) in [6, 6.07) is 3.03. The Hall–Kier alpha value is -2.02. The van der Waals surface area contributed by atoms with Crippen LogP contribution in [0.5, 0.6) is 0 Å². The van der Waals surface area contributed by atoms with Crippen LogP contribution in [-0.2, 0) is 0 Å². The fourth-order valence-corrected chi connectivity index (χ4v) is 2.27. The number of hydrogen-bond donors (Lipinski definition) is 2.